The van der Waals surface area contributed by atoms with Gasteiger partial charge in [-0.15, -0.1) is 4.73 Å². The van der Waals surface area contributed by atoms with E-state index < -0.39 is 5.56 Å². The quantitative estimate of drug-likeness (QED) is 0.311. The Hall–Kier alpha value is -3.96. The van der Waals surface area contributed by atoms with Crippen LogP contribution in [0.5, 0.6) is 0 Å². The fourth-order valence-electron chi connectivity index (χ4n) is 3.74. The molecule has 0 saturated carbocycles. The molecule has 3 heterocycles. The number of H-pyrrole nitrogens is 1. The summed E-state index contributed by atoms with van der Waals surface area (Å²) in [5.41, 5.74) is 1.93. The van der Waals surface area contributed by atoms with Crippen LogP contribution >= 0.6 is 11.6 Å². The van der Waals surface area contributed by atoms with Gasteiger partial charge in [0, 0.05) is 52.1 Å². The van der Waals surface area contributed by atoms with Gasteiger partial charge in [-0.3, -0.25) is 14.7 Å². The van der Waals surface area contributed by atoms with E-state index in [1.165, 1.54) is 7.11 Å². The highest BCUT2D eigenvalue weighted by atomic mass is 35.5. The molecule has 0 unspecified atom stereocenters. The fraction of sp³-hybridized carbons (Fsp3) is 0.346. The minimum Gasteiger partial charge on any atom is -0.412 e. The van der Waals surface area contributed by atoms with Crippen LogP contribution in [0.1, 0.15) is 37.0 Å². The van der Waals surface area contributed by atoms with E-state index in [2.05, 4.69) is 30.8 Å². The number of rotatable bonds is 8. The SMILES string of the molecule is COn1c(=O)c(-c2cc(NC(=O)c3cc(C(C)(C)C)[nH]n3)ccc2Cl)cc2cnc(NCCN(C)C)nc21. The predicted octanol–water partition coefficient (Wildman–Crippen LogP) is 3.42. The highest BCUT2D eigenvalue weighted by Gasteiger charge is 2.21. The minimum absolute atomic E-state index is 0.178. The Morgan fingerprint density at radius 2 is 1.95 bits per heavy atom. The molecule has 3 N–H and O–H groups in total. The monoisotopic (exact) mass is 538 g/mol. The molecule has 11 nitrogen and oxygen atoms in total. The number of hydrogen-bond donors (Lipinski definition) is 3. The number of carbonyl (C=O) groups excluding carboxylic acids is 1. The van der Waals surface area contributed by atoms with Gasteiger partial charge in [-0.1, -0.05) is 32.4 Å². The van der Waals surface area contributed by atoms with Crippen LogP contribution in [0, 0.1) is 0 Å². The Bertz CT molecular complexity index is 1540. The summed E-state index contributed by atoms with van der Waals surface area (Å²) in [7, 11) is 5.33. The standard InChI is InChI=1S/C26H31ClN8O3/c1-26(2,3)21-13-20(32-33-21)23(36)30-16-7-8-19(27)17(12-16)18-11-15-14-29-25(28-9-10-34(4)5)31-22(15)35(38-6)24(18)37/h7-8,11-14H,9-10H2,1-6H3,(H,30,36)(H,32,33)(H,28,29,31). The lowest BCUT2D eigenvalue weighted by Gasteiger charge is -2.14. The van der Waals surface area contributed by atoms with Gasteiger partial charge in [0.05, 0.1) is 5.56 Å². The zero-order valence-corrected chi connectivity index (χ0v) is 23.0. The maximum Gasteiger partial charge on any atom is 0.293 e. The molecule has 0 aliphatic rings. The molecule has 0 spiro atoms. The summed E-state index contributed by atoms with van der Waals surface area (Å²) in [5, 5.41) is 13.9. The summed E-state index contributed by atoms with van der Waals surface area (Å²) in [5.74, 6) is -0.00596. The summed E-state index contributed by atoms with van der Waals surface area (Å²) in [6.45, 7) is 7.51. The summed E-state index contributed by atoms with van der Waals surface area (Å²) in [6.07, 6.45) is 1.61. The topological polar surface area (TPSA) is 130 Å². The number of anilines is 2. The maximum absolute atomic E-state index is 13.4. The largest absolute Gasteiger partial charge is 0.412 e. The highest BCUT2D eigenvalue weighted by molar-refractivity contribution is 6.33. The van der Waals surface area contributed by atoms with Crippen molar-refractivity contribution in [3.63, 3.8) is 0 Å². The molecule has 38 heavy (non-hydrogen) atoms. The van der Waals surface area contributed by atoms with Crippen molar-refractivity contribution in [3.05, 3.63) is 63.3 Å². The van der Waals surface area contributed by atoms with E-state index in [-0.39, 0.29) is 22.6 Å². The summed E-state index contributed by atoms with van der Waals surface area (Å²) in [4.78, 5) is 42.5. The van der Waals surface area contributed by atoms with Crippen molar-refractivity contribution in [3.8, 4) is 11.1 Å². The van der Waals surface area contributed by atoms with E-state index in [0.717, 1.165) is 17.0 Å². The van der Waals surface area contributed by atoms with Crippen LogP contribution in [0.4, 0.5) is 11.6 Å². The van der Waals surface area contributed by atoms with Crippen LogP contribution in [0.15, 0.2) is 41.3 Å². The molecule has 0 aliphatic heterocycles. The van der Waals surface area contributed by atoms with Gasteiger partial charge < -0.3 is 20.4 Å². The van der Waals surface area contributed by atoms with Crippen molar-refractivity contribution >= 4 is 40.2 Å². The maximum atomic E-state index is 13.4. The first-order valence-corrected chi connectivity index (χ1v) is 12.4. The number of aromatic nitrogens is 5. The van der Waals surface area contributed by atoms with E-state index in [1.807, 2.05) is 39.8 Å². The average Bonchev–Trinajstić information content (AvgIpc) is 3.36. The number of fused-ring (bicyclic) bond motifs is 1. The third-order valence-corrected chi connectivity index (χ3v) is 6.19. The number of hydrogen-bond acceptors (Lipinski definition) is 8. The first-order valence-electron chi connectivity index (χ1n) is 12.0. The molecule has 1 amide bonds. The van der Waals surface area contributed by atoms with Gasteiger partial charge in [0.2, 0.25) is 5.95 Å². The van der Waals surface area contributed by atoms with Crippen molar-refractivity contribution in [2.24, 2.45) is 0 Å². The third kappa shape index (κ3) is 5.79. The minimum atomic E-state index is -0.453. The third-order valence-electron chi connectivity index (χ3n) is 5.86. The van der Waals surface area contributed by atoms with Gasteiger partial charge in [-0.05, 0) is 44.4 Å². The van der Waals surface area contributed by atoms with Crippen LogP contribution in [0.25, 0.3) is 22.2 Å². The number of halogens is 1. The normalized spacial score (nSPS) is 11.7. The molecule has 200 valence electrons. The van der Waals surface area contributed by atoms with E-state index >= 15 is 0 Å². The smallest absolute Gasteiger partial charge is 0.293 e. The van der Waals surface area contributed by atoms with Gasteiger partial charge in [0.15, 0.2) is 11.3 Å². The molecule has 0 radical (unpaired) electrons. The fourth-order valence-corrected chi connectivity index (χ4v) is 3.95. The number of pyridine rings is 1. The lowest BCUT2D eigenvalue weighted by atomic mass is 9.92. The summed E-state index contributed by atoms with van der Waals surface area (Å²) < 4.78 is 1.10. The summed E-state index contributed by atoms with van der Waals surface area (Å²) >= 11 is 6.50. The molecule has 0 bridgehead atoms. The summed E-state index contributed by atoms with van der Waals surface area (Å²) in [6, 6.07) is 8.29. The van der Waals surface area contributed by atoms with Crippen molar-refractivity contribution < 1.29 is 9.63 Å². The number of aromatic amines is 1. The lowest BCUT2D eigenvalue weighted by Crippen LogP contribution is -2.28. The van der Waals surface area contributed by atoms with E-state index in [1.54, 1.807) is 36.5 Å². The van der Waals surface area contributed by atoms with Crippen molar-refractivity contribution in [2.75, 3.05) is 44.9 Å². The Labute approximate surface area is 225 Å². The van der Waals surface area contributed by atoms with Crippen LogP contribution in [-0.4, -0.2) is 70.0 Å². The van der Waals surface area contributed by atoms with Crippen molar-refractivity contribution in [2.45, 2.75) is 26.2 Å². The number of benzene rings is 1. The Kier molecular flexibility index (Phi) is 7.70. The second-order valence-electron chi connectivity index (χ2n) is 10.1. The average molecular weight is 539 g/mol. The van der Waals surface area contributed by atoms with Gasteiger partial charge in [-0.25, -0.2) is 4.98 Å². The molecule has 4 rings (SSSR count). The van der Waals surface area contributed by atoms with Crippen molar-refractivity contribution in [1.82, 2.24) is 29.8 Å². The van der Waals surface area contributed by atoms with Crippen LogP contribution in [0.3, 0.4) is 0 Å². The van der Waals surface area contributed by atoms with E-state index in [9.17, 15) is 9.59 Å². The number of likely N-dealkylation sites (N-methyl/N-ethyl adjacent to an activating group) is 1. The van der Waals surface area contributed by atoms with Crippen LogP contribution < -0.4 is 21.0 Å². The lowest BCUT2D eigenvalue weighted by molar-refractivity contribution is 0.102. The second-order valence-corrected chi connectivity index (χ2v) is 10.5. The van der Waals surface area contributed by atoms with Crippen LogP contribution in [-0.2, 0) is 5.41 Å². The molecule has 0 fully saturated rings. The Morgan fingerprint density at radius 1 is 1.18 bits per heavy atom. The van der Waals surface area contributed by atoms with Crippen LogP contribution in [0.2, 0.25) is 5.02 Å². The molecular formula is C26H31ClN8O3. The van der Waals surface area contributed by atoms with E-state index in [4.69, 9.17) is 16.4 Å². The molecule has 0 aliphatic carbocycles. The predicted molar refractivity (Wildman–Crippen MR) is 149 cm³/mol. The first kappa shape index (κ1) is 27.1. The second kappa shape index (κ2) is 10.8. The molecule has 0 atom stereocenters. The molecule has 3 aromatic heterocycles. The molecule has 0 saturated heterocycles. The van der Waals surface area contributed by atoms with Gasteiger partial charge >= 0.3 is 0 Å². The Morgan fingerprint density at radius 3 is 2.61 bits per heavy atom. The Balaban J connectivity index is 1.67. The zero-order valence-electron chi connectivity index (χ0n) is 22.2. The number of carbonyl (C=O) groups is 1. The molecular weight excluding hydrogens is 508 g/mol. The molecule has 1 aromatic carbocycles. The first-order chi connectivity index (χ1) is 18.0. The van der Waals surface area contributed by atoms with Gasteiger partial charge in [-0.2, -0.15) is 10.1 Å². The number of nitrogens with one attached hydrogen (secondary N) is 3. The van der Waals surface area contributed by atoms with E-state index in [0.29, 0.717) is 39.8 Å². The molecule has 4 aromatic rings. The number of amides is 1. The highest BCUT2D eigenvalue weighted by Crippen LogP contribution is 2.30. The van der Waals surface area contributed by atoms with Crippen molar-refractivity contribution in [1.29, 1.82) is 0 Å². The zero-order chi connectivity index (χ0) is 27.6. The van der Waals surface area contributed by atoms with Gasteiger partial charge in [0.25, 0.3) is 11.5 Å². The van der Waals surface area contributed by atoms with Gasteiger partial charge in [0.1, 0.15) is 7.11 Å². The molecule has 12 heteroatoms. The number of nitrogens with zero attached hydrogens (tertiary/aromatic N) is 5.